The first-order valence-electron chi connectivity index (χ1n) is 8.15. The Morgan fingerprint density at radius 3 is 2.28 bits per heavy atom. The highest BCUT2D eigenvalue weighted by Gasteiger charge is 2.15. The van der Waals surface area contributed by atoms with Crippen molar-refractivity contribution in [3.63, 3.8) is 0 Å². The third kappa shape index (κ3) is 5.32. The molecule has 25 heavy (non-hydrogen) atoms. The number of hydrogen-bond acceptors (Lipinski definition) is 3. The summed E-state index contributed by atoms with van der Waals surface area (Å²) in [7, 11) is -3.40. The number of anilines is 1. The van der Waals surface area contributed by atoms with Gasteiger partial charge in [-0.05, 0) is 43.5 Å². The number of carbonyl (C=O) groups excluding carboxylic acids is 1. The molecule has 0 radical (unpaired) electrons. The monoisotopic (exact) mass is 360 g/mol. The second kappa shape index (κ2) is 7.70. The highest BCUT2D eigenvalue weighted by molar-refractivity contribution is 7.92. The average Bonchev–Trinajstić information content (AvgIpc) is 2.54. The van der Waals surface area contributed by atoms with Crippen molar-refractivity contribution in [1.82, 2.24) is 5.32 Å². The number of aryl methyl sites for hydroxylation is 2. The Morgan fingerprint density at radius 1 is 1.08 bits per heavy atom. The Bertz CT molecular complexity index is 859. The first-order valence-corrected chi connectivity index (χ1v) is 10.0. The number of sulfonamides is 1. The minimum atomic E-state index is -3.40. The molecule has 0 aromatic heterocycles. The molecular weight excluding hydrogens is 336 g/mol. The van der Waals surface area contributed by atoms with E-state index >= 15 is 0 Å². The Labute approximate surface area is 149 Å². The number of benzene rings is 2. The molecule has 0 aliphatic rings. The maximum atomic E-state index is 12.6. The molecule has 0 aliphatic carbocycles. The Kier molecular flexibility index (Phi) is 5.85. The first kappa shape index (κ1) is 19.0. The molecule has 2 N–H and O–H groups in total. The second-order valence-electron chi connectivity index (χ2n) is 6.25. The van der Waals surface area contributed by atoms with Crippen molar-refractivity contribution in [2.75, 3.05) is 11.0 Å². The van der Waals surface area contributed by atoms with E-state index in [2.05, 4.69) is 10.0 Å². The normalized spacial score (nSPS) is 12.5. The zero-order valence-electron chi connectivity index (χ0n) is 15.0. The molecule has 5 nitrogen and oxygen atoms in total. The van der Waals surface area contributed by atoms with Crippen LogP contribution in [0.15, 0.2) is 42.5 Å². The van der Waals surface area contributed by atoms with Gasteiger partial charge in [0.2, 0.25) is 10.0 Å². The molecule has 134 valence electrons. The van der Waals surface area contributed by atoms with Gasteiger partial charge in [0.15, 0.2) is 0 Å². The molecule has 0 unspecified atom stereocenters. The van der Waals surface area contributed by atoms with E-state index in [1.165, 1.54) is 5.56 Å². The lowest BCUT2D eigenvalue weighted by molar-refractivity contribution is 0.0935. The van der Waals surface area contributed by atoms with E-state index in [4.69, 9.17) is 0 Å². The van der Waals surface area contributed by atoms with Gasteiger partial charge in [0.1, 0.15) is 0 Å². The van der Waals surface area contributed by atoms with Crippen LogP contribution in [0.2, 0.25) is 0 Å². The summed E-state index contributed by atoms with van der Waals surface area (Å²) in [4.78, 5) is 12.6. The molecule has 2 rings (SSSR count). The summed E-state index contributed by atoms with van der Waals surface area (Å²) in [5, 5.41) is 3.01. The van der Waals surface area contributed by atoms with Gasteiger partial charge < -0.3 is 5.32 Å². The van der Waals surface area contributed by atoms with Gasteiger partial charge in [-0.25, -0.2) is 8.42 Å². The Balaban J connectivity index is 2.22. The molecule has 2 aromatic carbocycles. The van der Waals surface area contributed by atoms with Crippen LogP contribution in [-0.4, -0.2) is 20.6 Å². The van der Waals surface area contributed by atoms with Gasteiger partial charge in [0.25, 0.3) is 5.91 Å². The van der Waals surface area contributed by atoms with Crippen LogP contribution in [0.5, 0.6) is 0 Å². The molecule has 0 spiro atoms. The van der Waals surface area contributed by atoms with Crippen molar-refractivity contribution in [3.05, 3.63) is 64.7 Å². The SMILES string of the molecule is CC[C@@H](NC(=O)c1ccc(C)c(NS(C)(=O)=O)c1)c1ccc(C)cc1. The number of nitrogens with one attached hydrogen (secondary N) is 2. The van der Waals surface area contributed by atoms with Crippen molar-refractivity contribution >= 4 is 21.6 Å². The molecular formula is C19H24N2O3S. The quantitative estimate of drug-likeness (QED) is 0.827. The van der Waals surface area contributed by atoms with E-state index in [1.807, 2.05) is 38.1 Å². The smallest absolute Gasteiger partial charge is 0.251 e. The van der Waals surface area contributed by atoms with Crippen LogP contribution in [0.25, 0.3) is 0 Å². The van der Waals surface area contributed by atoms with E-state index < -0.39 is 10.0 Å². The number of hydrogen-bond donors (Lipinski definition) is 2. The molecule has 0 heterocycles. The standard InChI is InChI=1S/C19H24N2O3S/c1-5-17(15-9-6-13(2)7-10-15)20-19(22)16-11-8-14(3)18(12-16)21-25(4,23)24/h6-12,17,21H,5H2,1-4H3,(H,20,22)/t17-/m1/s1. The van der Waals surface area contributed by atoms with E-state index in [1.54, 1.807) is 25.1 Å². The third-order valence-corrected chi connectivity index (χ3v) is 4.58. The molecule has 6 heteroatoms. The lowest BCUT2D eigenvalue weighted by Crippen LogP contribution is -2.28. The summed E-state index contributed by atoms with van der Waals surface area (Å²) in [6.07, 6.45) is 1.85. The molecule has 0 fully saturated rings. The highest BCUT2D eigenvalue weighted by Crippen LogP contribution is 2.21. The zero-order valence-corrected chi connectivity index (χ0v) is 15.8. The molecule has 0 aliphatic heterocycles. The van der Waals surface area contributed by atoms with Gasteiger partial charge in [-0.1, -0.05) is 42.8 Å². The maximum absolute atomic E-state index is 12.6. The molecule has 1 atom stereocenters. The lowest BCUT2D eigenvalue weighted by atomic mass is 10.0. The first-order chi connectivity index (χ1) is 11.7. The van der Waals surface area contributed by atoms with E-state index in [9.17, 15) is 13.2 Å². The van der Waals surface area contributed by atoms with Crippen LogP contribution in [0.4, 0.5) is 5.69 Å². The minimum absolute atomic E-state index is 0.0966. The van der Waals surface area contributed by atoms with Crippen molar-refractivity contribution in [2.45, 2.75) is 33.2 Å². The molecule has 0 bridgehead atoms. The summed E-state index contributed by atoms with van der Waals surface area (Å²) in [6, 6.07) is 12.9. The highest BCUT2D eigenvalue weighted by atomic mass is 32.2. The fraction of sp³-hybridized carbons (Fsp3) is 0.316. The zero-order chi connectivity index (χ0) is 18.6. The van der Waals surface area contributed by atoms with Crippen LogP contribution in [-0.2, 0) is 10.0 Å². The summed E-state index contributed by atoms with van der Waals surface area (Å²) < 4.78 is 25.4. The van der Waals surface area contributed by atoms with Crippen molar-refractivity contribution in [1.29, 1.82) is 0 Å². The van der Waals surface area contributed by atoms with E-state index in [-0.39, 0.29) is 11.9 Å². The Hall–Kier alpha value is -2.34. The fourth-order valence-corrected chi connectivity index (χ4v) is 3.15. The average molecular weight is 360 g/mol. The van der Waals surface area contributed by atoms with E-state index in [0.717, 1.165) is 23.8 Å². The summed E-state index contributed by atoms with van der Waals surface area (Å²) in [5.41, 5.74) is 3.80. The van der Waals surface area contributed by atoms with Gasteiger partial charge in [0, 0.05) is 5.56 Å². The van der Waals surface area contributed by atoms with Gasteiger partial charge in [-0.2, -0.15) is 0 Å². The van der Waals surface area contributed by atoms with Crippen LogP contribution >= 0.6 is 0 Å². The predicted molar refractivity (Wildman–Crippen MR) is 101 cm³/mol. The molecule has 2 aromatic rings. The van der Waals surface area contributed by atoms with Gasteiger partial charge in [0.05, 0.1) is 18.0 Å². The van der Waals surface area contributed by atoms with Crippen LogP contribution < -0.4 is 10.0 Å². The third-order valence-electron chi connectivity index (χ3n) is 3.99. The van der Waals surface area contributed by atoms with Crippen molar-refractivity contribution in [3.8, 4) is 0 Å². The van der Waals surface area contributed by atoms with Crippen molar-refractivity contribution < 1.29 is 13.2 Å². The largest absolute Gasteiger partial charge is 0.345 e. The topological polar surface area (TPSA) is 75.3 Å². The number of rotatable bonds is 6. The molecule has 0 saturated heterocycles. The van der Waals surface area contributed by atoms with Gasteiger partial charge >= 0.3 is 0 Å². The number of carbonyl (C=O) groups is 1. The summed E-state index contributed by atoms with van der Waals surface area (Å²) >= 11 is 0. The Morgan fingerprint density at radius 2 is 1.72 bits per heavy atom. The van der Waals surface area contributed by atoms with Gasteiger partial charge in [-0.3, -0.25) is 9.52 Å². The summed E-state index contributed by atoms with van der Waals surface area (Å²) in [5.74, 6) is -0.232. The lowest BCUT2D eigenvalue weighted by Gasteiger charge is -2.18. The van der Waals surface area contributed by atoms with Crippen LogP contribution in [0, 0.1) is 13.8 Å². The van der Waals surface area contributed by atoms with E-state index in [0.29, 0.717) is 11.3 Å². The number of amides is 1. The second-order valence-corrected chi connectivity index (χ2v) is 8.00. The maximum Gasteiger partial charge on any atom is 0.251 e. The predicted octanol–water partition coefficient (Wildman–Crippen LogP) is 3.56. The van der Waals surface area contributed by atoms with Crippen molar-refractivity contribution in [2.24, 2.45) is 0 Å². The van der Waals surface area contributed by atoms with Crippen LogP contribution in [0.3, 0.4) is 0 Å². The van der Waals surface area contributed by atoms with Gasteiger partial charge in [-0.15, -0.1) is 0 Å². The minimum Gasteiger partial charge on any atom is -0.345 e. The van der Waals surface area contributed by atoms with Crippen LogP contribution in [0.1, 0.15) is 46.4 Å². The summed E-state index contributed by atoms with van der Waals surface area (Å²) in [6.45, 7) is 5.82. The molecule has 1 amide bonds. The molecule has 0 saturated carbocycles. The fourth-order valence-electron chi connectivity index (χ4n) is 2.53.